The number of anilines is 1. The van der Waals surface area contributed by atoms with Crippen LogP contribution in [-0.2, 0) is 9.53 Å². The number of halogens is 2. The Morgan fingerprint density at radius 1 is 1.40 bits per heavy atom. The number of carbonyl (C=O) groups excluding carboxylic acids is 2. The molecule has 0 saturated heterocycles. The van der Waals surface area contributed by atoms with E-state index in [0.717, 1.165) is 0 Å². The van der Waals surface area contributed by atoms with Crippen molar-refractivity contribution in [1.82, 2.24) is 5.32 Å². The number of carbonyl (C=O) groups is 2. The molecule has 7 heteroatoms. The molecule has 2 amide bonds. The first-order valence-electron chi connectivity index (χ1n) is 6.18. The van der Waals surface area contributed by atoms with Crippen LogP contribution in [0.4, 0.5) is 14.9 Å². The van der Waals surface area contributed by atoms with Gasteiger partial charge in [-0.2, -0.15) is 0 Å². The van der Waals surface area contributed by atoms with E-state index in [1.807, 2.05) is 0 Å². The van der Waals surface area contributed by atoms with Gasteiger partial charge in [0.15, 0.2) is 0 Å². The Morgan fingerprint density at radius 3 is 2.80 bits per heavy atom. The van der Waals surface area contributed by atoms with E-state index < -0.39 is 11.8 Å². The van der Waals surface area contributed by atoms with Gasteiger partial charge < -0.3 is 15.4 Å². The van der Waals surface area contributed by atoms with E-state index in [4.69, 9.17) is 4.74 Å². The van der Waals surface area contributed by atoms with E-state index in [-0.39, 0.29) is 18.1 Å². The van der Waals surface area contributed by atoms with Crippen LogP contribution in [0.3, 0.4) is 0 Å². The SMILES string of the molecule is CCOC(=O)CCCNC(=O)Nc1ccc(Br)cc1F. The summed E-state index contributed by atoms with van der Waals surface area (Å²) >= 11 is 3.13. The highest BCUT2D eigenvalue weighted by atomic mass is 79.9. The number of urea groups is 1. The minimum atomic E-state index is -0.527. The van der Waals surface area contributed by atoms with E-state index in [9.17, 15) is 14.0 Å². The van der Waals surface area contributed by atoms with E-state index in [2.05, 4.69) is 26.6 Å². The van der Waals surface area contributed by atoms with Crippen LogP contribution in [0.15, 0.2) is 22.7 Å². The molecule has 0 heterocycles. The van der Waals surface area contributed by atoms with Gasteiger partial charge in [-0.05, 0) is 31.5 Å². The van der Waals surface area contributed by atoms with Crippen LogP contribution >= 0.6 is 15.9 Å². The summed E-state index contributed by atoms with van der Waals surface area (Å²) in [7, 11) is 0. The minimum absolute atomic E-state index is 0.0936. The van der Waals surface area contributed by atoms with E-state index in [1.165, 1.54) is 12.1 Å². The zero-order chi connectivity index (χ0) is 15.0. The summed E-state index contributed by atoms with van der Waals surface area (Å²) in [4.78, 5) is 22.6. The molecule has 1 aromatic rings. The first-order chi connectivity index (χ1) is 9.52. The number of benzene rings is 1. The minimum Gasteiger partial charge on any atom is -0.466 e. The quantitative estimate of drug-likeness (QED) is 0.614. The first-order valence-corrected chi connectivity index (χ1v) is 6.97. The molecule has 0 aromatic heterocycles. The number of nitrogens with one attached hydrogen (secondary N) is 2. The fourth-order valence-corrected chi connectivity index (χ4v) is 1.76. The van der Waals surface area contributed by atoms with Crippen molar-refractivity contribution >= 4 is 33.6 Å². The van der Waals surface area contributed by atoms with Gasteiger partial charge in [0.25, 0.3) is 0 Å². The largest absolute Gasteiger partial charge is 0.466 e. The highest BCUT2D eigenvalue weighted by molar-refractivity contribution is 9.10. The molecular weight excluding hydrogens is 331 g/mol. The number of rotatable bonds is 6. The van der Waals surface area contributed by atoms with Gasteiger partial charge in [-0.25, -0.2) is 9.18 Å². The van der Waals surface area contributed by atoms with Crippen molar-refractivity contribution in [2.75, 3.05) is 18.5 Å². The highest BCUT2D eigenvalue weighted by Gasteiger charge is 2.07. The van der Waals surface area contributed by atoms with Gasteiger partial charge in [-0.15, -0.1) is 0 Å². The molecule has 1 aromatic carbocycles. The van der Waals surface area contributed by atoms with Crippen molar-refractivity contribution in [2.24, 2.45) is 0 Å². The van der Waals surface area contributed by atoms with Crippen LogP contribution in [0, 0.1) is 5.82 Å². The van der Waals surface area contributed by atoms with Crippen molar-refractivity contribution in [3.8, 4) is 0 Å². The van der Waals surface area contributed by atoms with Crippen LogP contribution in [-0.4, -0.2) is 25.2 Å². The Labute approximate surface area is 125 Å². The molecule has 0 atom stereocenters. The lowest BCUT2D eigenvalue weighted by molar-refractivity contribution is -0.143. The summed E-state index contributed by atoms with van der Waals surface area (Å²) in [6, 6.07) is 3.82. The smallest absolute Gasteiger partial charge is 0.319 e. The molecule has 2 N–H and O–H groups in total. The van der Waals surface area contributed by atoms with Gasteiger partial charge in [0.2, 0.25) is 0 Å². The van der Waals surface area contributed by atoms with Gasteiger partial charge in [0.1, 0.15) is 5.82 Å². The molecule has 0 radical (unpaired) electrons. The summed E-state index contributed by atoms with van der Waals surface area (Å²) in [6.45, 7) is 2.38. The molecule has 110 valence electrons. The molecule has 0 fully saturated rings. The van der Waals surface area contributed by atoms with Crippen molar-refractivity contribution in [2.45, 2.75) is 19.8 Å². The van der Waals surface area contributed by atoms with Crippen molar-refractivity contribution in [3.05, 3.63) is 28.5 Å². The van der Waals surface area contributed by atoms with Gasteiger partial charge in [0, 0.05) is 17.4 Å². The highest BCUT2D eigenvalue weighted by Crippen LogP contribution is 2.19. The second-order valence-electron chi connectivity index (χ2n) is 3.91. The fourth-order valence-electron chi connectivity index (χ4n) is 1.43. The van der Waals surface area contributed by atoms with Crippen LogP contribution < -0.4 is 10.6 Å². The molecule has 20 heavy (non-hydrogen) atoms. The molecule has 0 aliphatic heterocycles. The van der Waals surface area contributed by atoms with Crippen molar-refractivity contribution in [1.29, 1.82) is 0 Å². The second-order valence-corrected chi connectivity index (χ2v) is 4.83. The van der Waals surface area contributed by atoms with Crippen LogP contribution in [0.1, 0.15) is 19.8 Å². The maximum Gasteiger partial charge on any atom is 0.319 e. The Morgan fingerprint density at radius 2 is 2.15 bits per heavy atom. The molecule has 0 unspecified atom stereocenters. The van der Waals surface area contributed by atoms with Gasteiger partial charge in [-0.1, -0.05) is 15.9 Å². The molecule has 0 saturated carbocycles. The summed E-state index contributed by atoms with van der Waals surface area (Å²) in [5.74, 6) is -0.824. The standard InChI is InChI=1S/C13H16BrFN2O3/c1-2-20-12(18)4-3-7-16-13(19)17-11-6-5-9(14)8-10(11)15/h5-6,8H,2-4,7H2,1H3,(H2,16,17,19). The third-order valence-electron chi connectivity index (χ3n) is 2.33. The van der Waals surface area contributed by atoms with E-state index >= 15 is 0 Å². The number of hydrogen-bond acceptors (Lipinski definition) is 3. The zero-order valence-electron chi connectivity index (χ0n) is 11.0. The lowest BCUT2D eigenvalue weighted by atomic mass is 10.3. The summed E-state index contributed by atoms with van der Waals surface area (Å²) in [5, 5.41) is 4.92. The molecule has 0 aliphatic carbocycles. The summed E-state index contributed by atoms with van der Waals surface area (Å²) < 4.78 is 18.8. The van der Waals surface area contributed by atoms with Crippen molar-refractivity contribution in [3.63, 3.8) is 0 Å². The third-order valence-corrected chi connectivity index (χ3v) is 2.82. The predicted octanol–water partition coefficient (Wildman–Crippen LogP) is 3.05. The molecule has 0 spiro atoms. The first kappa shape index (κ1) is 16.4. The van der Waals surface area contributed by atoms with Gasteiger partial charge in [0.05, 0.1) is 12.3 Å². The van der Waals surface area contributed by atoms with Gasteiger partial charge in [-0.3, -0.25) is 4.79 Å². The van der Waals surface area contributed by atoms with Crippen LogP contribution in [0.5, 0.6) is 0 Å². The maximum absolute atomic E-state index is 13.5. The zero-order valence-corrected chi connectivity index (χ0v) is 12.6. The Balaban J connectivity index is 2.28. The predicted molar refractivity (Wildman–Crippen MR) is 77.0 cm³/mol. The van der Waals surface area contributed by atoms with Crippen molar-refractivity contribution < 1.29 is 18.7 Å². The Hall–Kier alpha value is -1.63. The number of ether oxygens (including phenoxy) is 1. The number of esters is 1. The van der Waals surface area contributed by atoms with Crippen LogP contribution in [0.25, 0.3) is 0 Å². The molecule has 0 aliphatic rings. The Kier molecular flexibility index (Phi) is 7.00. The number of amides is 2. The van der Waals surface area contributed by atoms with Gasteiger partial charge >= 0.3 is 12.0 Å². The topological polar surface area (TPSA) is 67.4 Å². The molecule has 0 bridgehead atoms. The summed E-state index contributed by atoms with van der Waals surface area (Å²) in [5.41, 5.74) is 0.0936. The summed E-state index contributed by atoms with van der Waals surface area (Å²) in [6.07, 6.45) is 0.704. The Bertz CT molecular complexity index is 483. The average molecular weight is 347 g/mol. The third kappa shape index (κ3) is 6.01. The van der Waals surface area contributed by atoms with Crippen LogP contribution in [0.2, 0.25) is 0 Å². The lowest BCUT2D eigenvalue weighted by Gasteiger charge is -2.08. The monoisotopic (exact) mass is 346 g/mol. The lowest BCUT2D eigenvalue weighted by Crippen LogP contribution is -2.30. The molecule has 1 rings (SSSR count). The molecular formula is C13H16BrFN2O3. The maximum atomic E-state index is 13.5. The number of hydrogen-bond donors (Lipinski definition) is 2. The molecule has 5 nitrogen and oxygen atoms in total. The average Bonchev–Trinajstić information content (AvgIpc) is 2.38. The second kappa shape index (κ2) is 8.52. The fraction of sp³-hybridized carbons (Fsp3) is 0.385. The van der Waals surface area contributed by atoms with E-state index in [1.54, 1.807) is 13.0 Å². The normalized spacial score (nSPS) is 9.95. The van der Waals surface area contributed by atoms with E-state index in [0.29, 0.717) is 24.0 Å².